The molecule has 0 amide bonds. The zero-order valence-corrected chi connectivity index (χ0v) is 13.0. The first-order valence-corrected chi connectivity index (χ1v) is 7.67. The summed E-state index contributed by atoms with van der Waals surface area (Å²) in [6.07, 6.45) is 0. The molecule has 0 aliphatic rings. The molecule has 0 aliphatic carbocycles. The number of esters is 1. The van der Waals surface area contributed by atoms with Crippen molar-refractivity contribution in [3.05, 3.63) is 63.6 Å². The van der Waals surface area contributed by atoms with E-state index >= 15 is 0 Å². The zero-order chi connectivity index (χ0) is 14.8. The number of carbonyl (C=O) groups excluding carboxylic acids is 1. The molecule has 3 nitrogen and oxygen atoms in total. The van der Waals surface area contributed by atoms with Gasteiger partial charge in [0.05, 0.1) is 22.9 Å². The lowest BCUT2D eigenvalue weighted by molar-refractivity contribution is 0.0600. The smallest absolute Gasteiger partial charge is 0.337 e. The van der Waals surface area contributed by atoms with Crippen LogP contribution in [0.4, 0.5) is 0 Å². The predicted octanol–water partition coefficient (Wildman–Crippen LogP) is 4.27. The molecule has 1 heterocycles. The normalized spacial score (nSPS) is 10.7. The largest absolute Gasteiger partial charge is 0.465 e. The Morgan fingerprint density at radius 2 is 1.90 bits per heavy atom. The Morgan fingerprint density at radius 3 is 2.62 bits per heavy atom. The third kappa shape index (κ3) is 2.75. The molecule has 3 rings (SSSR count). The molecular formula is C16H13NO2S2. The van der Waals surface area contributed by atoms with Gasteiger partial charge in [0.25, 0.3) is 0 Å². The summed E-state index contributed by atoms with van der Waals surface area (Å²) in [5.74, 6) is -0.320. The van der Waals surface area contributed by atoms with Gasteiger partial charge in [-0.3, -0.25) is 0 Å². The quantitative estimate of drug-likeness (QED) is 0.534. The van der Waals surface area contributed by atoms with Crippen molar-refractivity contribution in [2.24, 2.45) is 0 Å². The monoisotopic (exact) mass is 315 g/mol. The van der Waals surface area contributed by atoms with E-state index in [0.717, 1.165) is 15.0 Å². The van der Waals surface area contributed by atoms with Crippen molar-refractivity contribution in [3.8, 4) is 0 Å². The van der Waals surface area contributed by atoms with Gasteiger partial charge < -0.3 is 9.30 Å². The second kappa shape index (κ2) is 5.79. The molecule has 5 heteroatoms. The van der Waals surface area contributed by atoms with Crippen molar-refractivity contribution in [2.45, 2.75) is 6.54 Å². The van der Waals surface area contributed by atoms with E-state index in [9.17, 15) is 4.79 Å². The average molecular weight is 315 g/mol. The first-order chi connectivity index (χ1) is 10.2. The Hall–Kier alpha value is -1.98. The van der Waals surface area contributed by atoms with E-state index in [1.807, 2.05) is 24.3 Å². The topological polar surface area (TPSA) is 31.2 Å². The number of fused-ring (bicyclic) bond motifs is 1. The summed E-state index contributed by atoms with van der Waals surface area (Å²) in [5.41, 5.74) is 2.80. The number of para-hydroxylation sites is 1. The van der Waals surface area contributed by atoms with Crippen LogP contribution >= 0.6 is 23.6 Å². The van der Waals surface area contributed by atoms with Crippen molar-refractivity contribution in [3.63, 3.8) is 0 Å². The van der Waals surface area contributed by atoms with Crippen LogP contribution in [-0.4, -0.2) is 17.6 Å². The van der Waals surface area contributed by atoms with E-state index < -0.39 is 0 Å². The molecule has 0 N–H and O–H groups in total. The third-order valence-corrected chi connectivity index (χ3v) is 4.72. The number of ether oxygens (including phenoxy) is 1. The molecular weight excluding hydrogens is 302 g/mol. The molecule has 3 aromatic rings. The number of hydrogen-bond acceptors (Lipinski definition) is 4. The van der Waals surface area contributed by atoms with Crippen LogP contribution in [0, 0.1) is 3.95 Å². The number of rotatable bonds is 3. The number of aromatic nitrogens is 1. The molecule has 21 heavy (non-hydrogen) atoms. The van der Waals surface area contributed by atoms with Gasteiger partial charge in [0.2, 0.25) is 0 Å². The summed E-state index contributed by atoms with van der Waals surface area (Å²) in [6, 6.07) is 15.6. The maximum atomic E-state index is 11.4. The van der Waals surface area contributed by atoms with Crippen LogP contribution in [0.1, 0.15) is 15.9 Å². The molecule has 0 radical (unpaired) electrons. The molecule has 0 bridgehead atoms. The van der Waals surface area contributed by atoms with Gasteiger partial charge in [0, 0.05) is 6.54 Å². The van der Waals surface area contributed by atoms with E-state index in [1.165, 1.54) is 11.8 Å². The van der Waals surface area contributed by atoms with Crippen molar-refractivity contribution >= 4 is 39.7 Å². The van der Waals surface area contributed by atoms with Crippen LogP contribution in [-0.2, 0) is 11.3 Å². The number of nitrogens with zero attached hydrogens (tertiary/aromatic N) is 1. The van der Waals surface area contributed by atoms with E-state index in [-0.39, 0.29) is 5.97 Å². The van der Waals surface area contributed by atoms with Crippen LogP contribution in [0.5, 0.6) is 0 Å². The maximum Gasteiger partial charge on any atom is 0.337 e. The molecule has 1 aromatic heterocycles. The Morgan fingerprint density at radius 1 is 1.19 bits per heavy atom. The lowest BCUT2D eigenvalue weighted by Gasteiger charge is -2.06. The zero-order valence-electron chi connectivity index (χ0n) is 11.4. The van der Waals surface area contributed by atoms with Crippen LogP contribution in [0.2, 0.25) is 0 Å². The van der Waals surface area contributed by atoms with Crippen molar-refractivity contribution in [2.75, 3.05) is 7.11 Å². The minimum atomic E-state index is -0.320. The van der Waals surface area contributed by atoms with E-state index in [0.29, 0.717) is 12.1 Å². The summed E-state index contributed by atoms with van der Waals surface area (Å²) in [5, 5.41) is 0. The summed E-state index contributed by atoms with van der Waals surface area (Å²) < 4.78 is 8.86. The summed E-state index contributed by atoms with van der Waals surface area (Å²) in [6.45, 7) is 0.699. The fraction of sp³-hybridized carbons (Fsp3) is 0.125. The predicted molar refractivity (Wildman–Crippen MR) is 87.5 cm³/mol. The SMILES string of the molecule is COC(=O)c1ccc(Cn2c(=S)sc3ccccc32)cc1. The van der Waals surface area contributed by atoms with Gasteiger partial charge in [0.15, 0.2) is 3.95 Å². The fourth-order valence-electron chi connectivity index (χ4n) is 2.21. The first-order valence-electron chi connectivity index (χ1n) is 6.44. The number of hydrogen-bond donors (Lipinski definition) is 0. The van der Waals surface area contributed by atoms with Crippen molar-refractivity contribution < 1.29 is 9.53 Å². The van der Waals surface area contributed by atoms with Crippen LogP contribution in [0.25, 0.3) is 10.2 Å². The minimum absolute atomic E-state index is 0.320. The van der Waals surface area contributed by atoms with E-state index in [1.54, 1.807) is 23.5 Å². The van der Waals surface area contributed by atoms with Gasteiger partial charge in [-0.25, -0.2) is 4.79 Å². The molecule has 0 spiro atoms. The highest BCUT2D eigenvalue weighted by atomic mass is 32.1. The van der Waals surface area contributed by atoms with Gasteiger partial charge in [-0.05, 0) is 42.0 Å². The Bertz CT molecular complexity index is 847. The van der Waals surface area contributed by atoms with Gasteiger partial charge in [-0.15, -0.1) is 11.3 Å². The molecule has 0 saturated heterocycles. The first kappa shape index (κ1) is 14.0. The van der Waals surface area contributed by atoms with Crippen molar-refractivity contribution in [1.82, 2.24) is 4.57 Å². The van der Waals surface area contributed by atoms with Gasteiger partial charge in [-0.1, -0.05) is 24.3 Å². The number of methoxy groups -OCH3 is 1. The molecule has 0 aliphatic heterocycles. The highest BCUT2D eigenvalue weighted by Gasteiger charge is 2.07. The number of carbonyl (C=O) groups is 1. The standard InChI is InChI=1S/C16H13NO2S2/c1-19-15(18)12-8-6-11(7-9-12)10-17-13-4-2-3-5-14(13)21-16(17)20/h2-9H,10H2,1H3. The van der Waals surface area contributed by atoms with Crippen LogP contribution < -0.4 is 0 Å². The number of thiazole rings is 1. The highest BCUT2D eigenvalue weighted by molar-refractivity contribution is 7.73. The van der Waals surface area contributed by atoms with E-state index in [2.05, 4.69) is 16.7 Å². The molecule has 0 fully saturated rings. The van der Waals surface area contributed by atoms with Gasteiger partial charge in [0.1, 0.15) is 0 Å². The third-order valence-electron chi connectivity index (χ3n) is 3.29. The molecule has 0 unspecified atom stereocenters. The maximum absolute atomic E-state index is 11.4. The second-order valence-corrected chi connectivity index (χ2v) is 6.29. The van der Waals surface area contributed by atoms with Crippen LogP contribution in [0.15, 0.2) is 48.5 Å². The van der Waals surface area contributed by atoms with E-state index in [4.69, 9.17) is 17.0 Å². The summed E-state index contributed by atoms with van der Waals surface area (Å²) in [7, 11) is 1.38. The lowest BCUT2D eigenvalue weighted by atomic mass is 10.1. The minimum Gasteiger partial charge on any atom is -0.465 e. The van der Waals surface area contributed by atoms with Gasteiger partial charge in [-0.2, -0.15) is 0 Å². The Kier molecular flexibility index (Phi) is 3.86. The molecule has 106 valence electrons. The summed E-state index contributed by atoms with van der Waals surface area (Å²) >= 11 is 7.06. The van der Waals surface area contributed by atoms with Gasteiger partial charge >= 0.3 is 5.97 Å². The fourth-order valence-corrected chi connectivity index (χ4v) is 3.53. The van der Waals surface area contributed by atoms with Crippen molar-refractivity contribution in [1.29, 1.82) is 0 Å². The van der Waals surface area contributed by atoms with Crippen LogP contribution in [0.3, 0.4) is 0 Å². The Balaban J connectivity index is 1.94. The average Bonchev–Trinajstić information content (AvgIpc) is 2.83. The molecule has 0 atom stereocenters. The molecule has 2 aromatic carbocycles. The summed E-state index contributed by atoms with van der Waals surface area (Å²) in [4.78, 5) is 11.4. The number of benzene rings is 2. The highest BCUT2D eigenvalue weighted by Crippen LogP contribution is 2.23. The molecule has 0 saturated carbocycles. The Labute approximate surface area is 131 Å². The second-order valence-electron chi connectivity index (χ2n) is 4.61. The lowest BCUT2D eigenvalue weighted by Crippen LogP contribution is -2.03.